The van der Waals surface area contributed by atoms with Crippen LogP contribution in [0.1, 0.15) is 20.7 Å². The van der Waals surface area contributed by atoms with E-state index in [1.165, 1.54) is 45.9 Å². The topological polar surface area (TPSA) is 135 Å². The van der Waals surface area contributed by atoms with Crippen LogP contribution in [0.15, 0.2) is 48.8 Å². The van der Waals surface area contributed by atoms with E-state index >= 15 is 0 Å². The Morgan fingerprint density at radius 3 is 2.10 bits per heavy atom. The zero-order valence-electron chi connectivity index (χ0n) is 17.0. The molecule has 0 radical (unpaired) electrons. The Labute approximate surface area is 177 Å². The molecule has 0 atom stereocenters. The number of nitrogen functional groups attached to an aromatic ring is 1. The van der Waals surface area contributed by atoms with Gasteiger partial charge in [0.15, 0.2) is 17.3 Å². The number of aromatic nitrogens is 2. The first-order valence-electron chi connectivity index (χ1n) is 8.97. The van der Waals surface area contributed by atoms with E-state index in [9.17, 15) is 9.59 Å². The molecule has 0 aliphatic heterocycles. The van der Waals surface area contributed by atoms with Crippen LogP contribution in [-0.2, 0) is 9.47 Å². The first-order chi connectivity index (χ1) is 15.0. The highest BCUT2D eigenvalue weighted by Gasteiger charge is 2.17. The first-order valence-corrected chi connectivity index (χ1v) is 8.97. The van der Waals surface area contributed by atoms with Crippen LogP contribution in [-0.4, -0.2) is 43.2 Å². The van der Waals surface area contributed by atoms with Crippen molar-refractivity contribution in [3.63, 3.8) is 0 Å². The molecule has 0 bridgehead atoms. The number of esters is 2. The van der Waals surface area contributed by atoms with Crippen LogP contribution in [0.5, 0.6) is 17.4 Å². The summed E-state index contributed by atoms with van der Waals surface area (Å²) in [6.45, 7) is 0. The summed E-state index contributed by atoms with van der Waals surface area (Å²) in [5, 5.41) is 2.96. The second-order valence-electron chi connectivity index (χ2n) is 6.10. The molecule has 3 N–H and O–H groups in total. The average Bonchev–Trinajstić information content (AvgIpc) is 2.80. The molecule has 3 aromatic rings. The van der Waals surface area contributed by atoms with Gasteiger partial charge in [-0.05, 0) is 30.3 Å². The minimum Gasteiger partial charge on any atom is -0.493 e. The number of benzene rings is 2. The SMILES string of the molecule is COC(=O)c1cc(Nc2ncnc(Oc3ccccc3OC)c2N)cc(C(=O)OC)c1. The highest BCUT2D eigenvalue weighted by atomic mass is 16.5. The average molecular weight is 424 g/mol. The maximum atomic E-state index is 12.0. The first kappa shape index (κ1) is 21.4. The molecule has 31 heavy (non-hydrogen) atoms. The molecule has 0 unspecified atom stereocenters. The minimum atomic E-state index is -0.621. The number of ether oxygens (including phenoxy) is 4. The highest BCUT2D eigenvalue weighted by molar-refractivity contribution is 5.97. The smallest absolute Gasteiger partial charge is 0.337 e. The summed E-state index contributed by atoms with van der Waals surface area (Å²) < 4.78 is 20.5. The van der Waals surface area contributed by atoms with E-state index in [2.05, 4.69) is 15.3 Å². The van der Waals surface area contributed by atoms with Crippen LogP contribution in [0.25, 0.3) is 0 Å². The van der Waals surface area contributed by atoms with Gasteiger partial charge in [0.1, 0.15) is 12.0 Å². The Hall–Kier alpha value is -4.34. The standard InChI is InChI=1S/C21H20N4O6/c1-28-15-6-4-5-7-16(15)31-19-17(22)18(23-11-24-19)25-14-9-12(20(26)29-2)8-13(10-14)21(27)30-3/h4-11H,22H2,1-3H3,(H,23,24,25). The molecule has 0 aliphatic carbocycles. The van der Waals surface area contributed by atoms with Gasteiger partial charge >= 0.3 is 11.9 Å². The van der Waals surface area contributed by atoms with Crippen molar-refractivity contribution >= 4 is 29.1 Å². The van der Waals surface area contributed by atoms with Gasteiger partial charge in [-0.2, -0.15) is 4.98 Å². The molecule has 3 rings (SSSR count). The number of carbonyl (C=O) groups excluding carboxylic acids is 2. The molecule has 10 heteroatoms. The van der Waals surface area contributed by atoms with Crippen molar-refractivity contribution in [1.82, 2.24) is 9.97 Å². The van der Waals surface area contributed by atoms with Crippen LogP contribution in [0.4, 0.5) is 17.2 Å². The Balaban J connectivity index is 1.95. The number of rotatable bonds is 7. The largest absolute Gasteiger partial charge is 0.493 e. The van der Waals surface area contributed by atoms with Gasteiger partial charge in [0.25, 0.3) is 0 Å². The molecule has 1 aromatic heterocycles. The molecule has 160 valence electrons. The summed E-state index contributed by atoms with van der Waals surface area (Å²) in [7, 11) is 4.00. The van der Waals surface area contributed by atoms with Gasteiger partial charge in [-0.3, -0.25) is 0 Å². The monoisotopic (exact) mass is 424 g/mol. The fraction of sp³-hybridized carbons (Fsp3) is 0.143. The summed E-state index contributed by atoms with van der Waals surface area (Å²) >= 11 is 0. The van der Waals surface area contributed by atoms with Crippen LogP contribution < -0.4 is 20.5 Å². The van der Waals surface area contributed by atoms with Crippen LogP contribution in [0.2, 0.25) is 0 Å². The van der Waals surface area contributed by atoms with Crippen molar-refractivity contribution in [2.45, 2.75) is 0 Å². The molecule has 0 amide bonds. The van der Waals surface area contributed by atoms with Crippen LogP contribution >= 0.6 is 0 Å². The van der Waals surface area contributed by atoms with Crippen molar-refractivity contribution in [3.8, 4) is 17.4 Å². The van der Waals surface area contributed by atoms with Gasteiger partial charge in [0, 0.05) is 5.69 Å². The third-order valence-corrected chi connectivity index (χ3v) is 4.16. The number of carbonyl (C=O) groups is 2. The molecule has 0 aliphatic rings. The van der Waals surface area contributed by atoms with Crippen molar-refractivity contribution in [2.24, 2.45) is 0 Å². The molecule has 0 spiro atoms. The maximum absolute atomic E-state index is 12.0. The summed E-state index contributed by atoms with van der Waals surface area (Å²) in [5.41, 5.74) is 6.94. The van der Waals surface area contributed by atoms with Gasteiger partial charge in [-0.1, -0.05) is 12.1 Å². The molecule has 10 nitrogen and oxygen atoms in total. The summed E-state index contributed by atoms with van der Waals surface area (Å²) in [5.74, 6) is -0.0168. The zero-order valence-corrected chi connectivity index (χ0v) is 17.0. The molecule has 0 saturated heterocycles. The summed E-state index contributed by atoms with van der Waals surface area (Å²) in [6.07, 6.45) is 1.26. The van der Waals surface area contributed by atoms with Crippen molar-refractivity contribution in [1.29, 1.82) is 0 Å². The number of anilines is 3. The lowest BCUT2D eigenvalue weighted by atomic mass is 10.1. The van der Waals surface area contributed by atoms with Crippen molar-refractivity contribution in [3.05, 3.63) is 59.9 Å². The summed E-state index contributed by atoms with van der Waals surface area (Å²) in [4.78, 5) is 32.1. The summed E-state index contributed by atoms with van der Waals surface area (Å²) in [6, 6.07) is 11.4. The van der Waals surface area contributed by atoms with Gasteiger partial charge in [0.05, 0.1) is 32.5 Å². The lowest BCUT2D eigenvalue weighted by molar-refractivity contribution is 0.0599. The molecule has 0 saturated carbocycles. The van der Waals surface area contributed by atoms with E-state index in [0.717, 1.165) is 0 Å². The minimum absolute atomic E-state index is 0.0966. The molecule has 1 heterocycles. The lowest BCUT2D eigenvalue weighted by Gasteiger charge is -2.14. The number of hydrogen-bond donors (Lipinski definition) is 2. The third-order valence-electron chi connectivity index (χ3n) is 4.16. The fourth-order valence-corrected chi connectivity index (χ4v) is 2.68. The van der Waals surface area contributed by atoms with Crippen molar-refractivity contribution in [2.75, 3.05) is 32.4 Å². The van der Waals surface area contributed by atoms with Crippen LogP contribution in [0, 0.1) is 0 Å². The maximum Gasteiger partial charge on any atom is 0.337 e. The van der Waals surface area contributed by atoms with E-state index in [0.29, 0.717) is 17.2 Å². The lowest BCUT2D eigenvalue weighted by Crippen LogP contribution is -2.09. The molecular weight excluding hydrogens is 404 g/mol. The molecule has 2 aromatic carbocycles. The normalized spacial score (nSPS) is 10.2. The molecular formula is C21H20N4O6. The van der Waals surface area contributed by atoms with Gasteiger partial charge < -0.3 is 30.0 Å². The predicted octanol–water partition coefficient (Wildman–Crippen LogP) is 3.18. The fourth-order valence-electron chi connectivity index (χ4n) is 2.68. The van der Waals surface area contributed by atoms with Crippen molar-refractivity contribution < 1.29 is 28.5 Å². The number of para-hydroxylation sites is 2. The number of nitrogens with two attached hydrogens (primary N) is 1. The van der Waals surface area contributed by atoms with E-state index in [1.807, 2.05) is 0 Å². The highest BCUT2D eigenvalue weighted by Crippen LogP contribution is 2.35. The van der Waals surface area contributed by atoms with E-state index in [1.54, 1.807) is 24.3 Å². The van der Waals surface area contributed by atoms with Gasteiger partial charge in [-0.25, -0.2) is 14.6 Å². The van der Waals surface area contributed by atoms with E-state index in [4.69, 9.17) is 24.7 Å². The predicted molar refractivity (Wildman–Crippen MR) is 112 cm³/mol. The Bertz CT molecular complexity index is 1080. The Morgan fingerprint density at radius 2 is 1.52 bits per heavy atom. The zero-order chi connectivity index (χ0) is 22.4. The number of methoxy groups -OCH3 is 3. The third kappa shape index (κ3) is 4.81. The molecule has 0 fully saturated rings. The van der Waals surface area contributed by atoms with Gasteiger partial charge in [0.2, 0.25) is 5.88 Å². The number of nitrogens with one attached hydrogen (secondary N) is 1. The quantitative estimate of drug-likeness (QED) is 0.544. The second-order valence-corrected chi connectivity index (χ2v) is 6.10. The van der Waals surface area contributed by atoms with Crippen LogP contribution in [0.3, 0.4) is 0 Å². The number of nitrogens with zero attached hydrogens (tertiary/aromatic N) is 2. The van der Waals surface area contributed by atoms with E-state index < -0.39 is 11.9 Å². The Kier molecular flexibility index (Phi) is 6.51. The Morgan fingerprint density at radius 1 is 0.903 bits per heavy atom. The number of hydrogen-bond acceptors (Lipinski definition) is 10. The second kappa shape index (κ2) is 9.44. The van der Waals surface area contributed by atoms with Gasteiger partial charge in [-0.15, -0.1) is 0 Å². The van der Waals surface area contributed by atoms with E-state index in [-0.39, 0.29) is 28.5 Å².